The maximum atomic E-state index is 11.5. The van der Waals surface area contributed by atoms with Crippen LogP contribution in [0.5, 0.6) is 0 Å². The van der Waals surface area contributed by atoms with E-state index in [1.54, 1.807) is 18.2 Å². The Morgan fingerprint density at radius 1 is 1.22 bits per heavy atom. The third-order valence-corrected chi connectivity index (χ3v) is 3.56. The van der Waals surface area contributed by atoms with E-state index in [0.717, 1.165) is 18.9 Å². The van der Waals surface area contributed by atoms with Crippen LogP contribution in [0.25, 0.3) is 6.08 Å². The molecule has 0 bridgehead atoms. The summed E-state index contributed by atoms with van der Waals surface area (Å²) in [5, 5.41) is 5.41. The maximum Gasteiger partial charge on any atom is 0.331 e. The van der Waals surface area contributed by atoms with Crippen LogP contribution in [-0.4, -0.2) is 30.6 Å². The lowest BCUT2D eigenvalue weighted by molar-refractivity contribution is -0.143. The number of esters is 1. The number of nitrogens with one attached hydrogen (secondary N) is 2. The Bertz CT molecular complexity index is 637. The van der Waals surface area contributed by atoms with E-state index in [1.807, 2.05) is 0 Å². The normalized spacial score (nSPS) is 13.7. The standard InChI is InChI=1S/C15H14Cl2N2O4/c16-11-2-1-3-12(17)10(11)6-7-14(21)23-8-13(20)19-15(22)18-9-4-5-9/h1-3,6-7,9H,4-5,8H2,(H2,18,19,20,22)/b7-6+. The summed E-state index contributed by atoms with van der Waals surface area (Å²) in [5.74, 6) is -1.46. The van der Waals surface area contributed by atoms with E-state index < -0.39 is 24.5 Å². The summed E-state index contributed by atoms with van der Waals surface area (Å²) in [6.07, 6.45) is 4.31. The summed E-state index contributed by atoms with van der Waals surface area (Å²) < 4.78 is 4.72. The van der Waals surface area contributed by atoms with Crippen molar-refractivity contribution in [2.45, 2.75) is 18.9 Å². The summed E-state index contributed by atoms with van der Waals surface area (Å²) in [6, 6.07) is 4.48. The molecule has 1 aromatic carbocycles. The Kier molecular flexibility index (Phi) is 6.01. The molecule has 6 nitrogen and oxygen atoms in total. The zero-order valence-corrected chi connectivity index (χ0v) is 13.5. The minimum absolute atomic E-state index is 0.133. The Balaban J connectivity index is 1.76. The second-order valence-corrected chi connectivity index (χ2v) is 5.69. The zero-order chi connectivity index (χ0) is 16.8. The predicted molar refractivity (Wildman–Crippen MR) is 86.2 cm³/mol. The van der Waals surface area contributed by atoms with Gasteiger partial charge in [-0.05, 0) is 31.1 Å². The highest BCUT2D eigenvalue weighted by molar-refractivity contribution is 6.37. The number of amides is 3. The van der Waals surface area contributed by atoms with Gasteiger partial charge in [0.1, 0.15) is 0 Å². The number of carbonyl (C=O) groups excluding carboxylic acids is 3. The summed E-state index contributed by atoms with van der Waals surface area (Å²) in [5.41, 5.74) is 0.473. The molecule has 3 amide bonds. The van der Waals surface area contributed by atoms with Crippen molar-refractivity contribution < 1.29 is 19.1 Å². The fourth-order valence-electron chi connectivity index (χ4n) is 1.62. The molecule has 0 radical (unpaired) electrons. The first-order valence-electron chi connectivity index (χ1n) is 6.85. The molecule has 1 fully saturated rings. The van der Waals surface area contributed by atoms with Crippen LogP contribution >= 0.6 is 23.2 Å². The topological polar surface area (TPSA) is 84.5 Å². The molecule has 23 heavy (non-hydrogen) atoms. The van der Waals surface area contributed by atoms with Crippen molar-refractivity contribution in [2.24, 2.45) is 0 Å². The number of rotatable bonds is 5. The van der Waals surface area contributed by atoms with E-state index in [-0.39, 0.29) is 6.04 Å². The third-order valence-electron chi connectivity index (χ3n) is 2.90. The lowest BCUT2D eigenvalue weighted by Crippen LogP contribution is -2.42. The molecule has 0 aliphatic heterocycles. The van der Waals surface area contributed by atoms with Gasteiger partial charge in [-0.15, -0.1) is 0 Å². The van der Waals surface area contributed by atoms with Crippen LogP contribution in [0.2, 0.25) is 10.0 Å². The predicted octanol–water partition coefficient (Wildman–Crippen LogP) is 2.54. The second kappa shape index (κ2) is 7.99. The number of carbonyl (C=O) groups is 3. The van der Waals surface area contributed by atoms with Crippen molar-refractivity contribution in [3.8, 4) is 0 Å². The molecule has 0 unspecified atom stereocenters. The van der Waals surface area contributed by atoms with Crippen molar-refractivity contribution in [2.75, 3.05) is 6.61 Å². The molecular formula is C15H14Cl2N2O4. The lowest BCUT2D eigenvalue weighted by Gasteiger charge is -2.05. The van der Waals surface area contributed by atoms with Crippen molar-refractivity contribution in [3.05, 3.63) is 39.9 Å². The minimum atomic E-state index is -0.751. The average Bonchev–Trinajstić information content (AvgIpc) is 3.28. The van der Waals surface area contributed by atoms with Crippen LogP contribution in [0.4, 0.5) is 4.79 Å². The van der Waals surface area contributed by atoms with Crippen molar-refractivity contribution in [1.29, 1.82) is 0 Å². The van der Waals surface area contributed by atoms with Gasteiger partial charge in [-0.3, -0.25) is 10.1 Å². The highest BCUT2D eigenvalue weighted by atomic mass is 35.5. The first-order chi connectivity index (χ1) is 11.0. The summed E-state index contributed by atoms with van der Waals surface area (Å²) in [6.45, 7) is -0.558. The van der Waals surface area contributed by atoms with E-state index in [1.165, 1.54) is 6.08 Å². The van der Waals surface area contributed by atoms with Crippen molar-refractivity contribution in [3.63, 3.8) is 0 Å². The van der Waals surface area contributed by atoms with Gasteiger partial charge in [0.2, 0.25) is 0 Å². The van der Waals surface area contributed by atoms with Crippen molar-refractivity contribution in [1.82, 2.24) is 10.6 Å². The van der Waals surface area contributed by atoms with Gasteiger partial charge in [-0.1, -0.05) is 29.3 Å². The van der Waals surface area contributed by atoms with Crippen LogP contribution in [0.3, 0.4) is 0 Å². The van der Waals surface area contributed by atoms with E-state index in [9.17, 15) is 14.4 Å². The lowest BCUT2D eigenvalue weighted by atomic mass is 10.2. The van der Waals surface area contributed by atoms with Gasteiger partial charge in [0, 0.05) is 27.7 Å². The molecule has 2 rings (SSSR count). The molecule has 0 saturated heterocycles. The molecule has 122 valence electrons. The number of halogens is 2. The Labute approximate surface area is 142 Å². The quantitative estimate of drug-likeness (QED) is 0.627. The van der Waals surface area contributed by atoms with Gasteiger partial charge in [0.05, 0.1) is 0 Å². The number of ether oxygens (including phenoxy) is 1. The zero-order valence-electron chi connectivity index (χ0n) is 12.0. The number of urea groups is 1. The number of hydrogen-bond donors (Lipinski definition) is 2. The third kappa shape index (κ3) is 5.92. The van der Waals surface area contributed by atoms with Crippen molar-refractivity contribution >= 4 is 47.2 Å². The van der Waals surface area contributed by atoms with Gasteiger partial charge in [-0.25, -0.2) is 9.59 Å². The van der Waals surface area contributed by atoms with Crippen LogP contribution < -0.4 is 10.6 Å². The molecule has 1 aromatic rings. The molecule has 8 heteroatoms. The fourth-order valence-corrected chi connectivity index (χ4v) is 2.14. The average molecular weight is 357 g/mol. The Morgan fingerprint density at radius 3 is 2.48 bits per heavy atom. The van der Waals surface area contributed by atoms with Gasteiger partial charge >= 0.3 is 12.0 Å². The molecule has 1 aliphatic carbocycles. The minimum Gasteiger partial charge on any atom is -0.452 e. The van der Waals surface area contributed by atoms with Gasteiger partial charge in [-0.2, -0.15) is 0 Å². The van der Waals surface area contributed by atoms with Gasteiger partial charge in [0.15, 0.2) is 6.61 Å². The highest BCUT2D eigenvalue weighted by Crippen LogP contribution is 2.25. The number of benzene rings is 1. The van der Waals surface area contributed by atoms with Crippen LogP contribution in [0.15, 0.2) is 24.3 Å². The van der Waals surface area contributed by atoms with Crippen LogP contribution in [0.1, 0.15) is 18.4 Å². The second-order valence-electron chi connectivity index (χ2n) is 4.87. The van der Waals surface area contributed by atoms with Crippen LogP contribution in [-0.2, 0) is 14.3 Å². The van der Waals surface area contributed by atoms with E-state index >= 15 is 0 Å². The number of hydrogen-bond acceptors (Lipinski definition) is 4. The SMILES string of the molecule is O=C(COC(=O)/C=C/c1c(Cl)cccc1Cl)NC(=O)NC1CC1. The van der Waals surface area contributed by atoms with E-state index in [2.05, 4.69) is 10.6 Å². The van der Waals surface area contributed by atoms with E-state index in [4.69, 9.17) is 27.9 Å². The Morgan fingerprint density at radius 2 is 1.87 bits per heavy atom. The largest absolute Gasteiger partial charge is 0.452 e. The molecule has 2 N–H and O–H groups in total. The molecule has 0 spiro atoms. The Hall–Kier alpha value is -2.05. The molecule has 0 atom stereocenters. The summed E-state index contributed by atoms with van der Waals surface area (Å²) in [4.78, 5) is 34.3. The molecule has 0 heterocycles. The van der Waals surface area contributed by atoms with E-state index in [0.29, 0.717) is 15.6 Å². The first-order valence-corrected chi connectivity index (χ1v) is 7.60. The number of imide groups is 1. The maximum absolute atomic E-state index is 11.5. The van der Waals surface area contributed by atoms with Gasteiger partial charge in [0.25, 0.3) is 5.91 Å². The van der Waals surface area contributed by atoms with Gasteiger partial charge < -0.3 is 10.1 Å². The molecule has 1 saturated carbocycles. The first kappa shape index (κ1) is 17.3. The summed E-state index contributed by atoms with van der Waals surface area (Å²) >= 11 is 11.9. The highest BCUT2D eigenvalue weighted by Gasteiger charge is 2.23. The molecule has 1 aliphatic rings. The monoisotopic (exact) mass is 356 g/mol. The smallest absolute Gasteiger partial charge is 0.331 e. The van der Waals surface area contributed by atoms with Crippen LogP contribution in [0, 0.1) is 0 Å². The molecule has 0 aromatic heterocycles. The summed E-state index contributed by atoms with van der Waals surface area (Å²) in [7, 11) is 0. The molecular weight excluding hydrogens is 343 g/mol. The fraction of sp³-hybridized carbons (Fsp3) is 0.267.